The van der Waals surface area contributed by atoms with Crippen LogP contribution in [-0.2, 0) is 13.0 Å². The Kier molecular flexibility index (Phi) is 5.98. The van der Waals surface area contributed by atoms with Gasteiger partial charge in [-0.1, -0.05) is 30.3 Å². The van der Waals surface area contributed by atoms with Gasteiger partial charge in [-0.25, -0.2) is 4.39 Å². The summed E-state index contributed by atoms with van der Waals surface area (Å²) in [6.07, 6.45) is 5.01. The summed E-state index contributed by atoms with van der Waals surface area (Å²) >= 11 is 0. The van der Waals surface area contributed by atoms with E-state index in [-0.39, 0.29) is 5.82 Å². The summed E-state index contributed by atoms with van der Waals surface area (Å²) in [7, 11) is 5.50. The first-order valence-corrected chi connectivity index (χ1v) is 9.40. The third kappa shape index (κ3) is 4.57. The fourth-order valence-electron chi connectivity index (χ4n) is 3.85. The average Bonchev–Trinajstić information content (AvgIpc) is 2.98. The molecule has 0 heterocycles. The molecule has 4 heteroatoms. The molecule has 27 heavy (non-hydrogen) atoms. The molecule has 2 aromatic carbocycles. The van der Waals surface area contributed by atoms with Gasteiger partial charge in [-0.3, -0.25) is 0 Å². The highest BCUT2D eigenvalue weighted by Crippen LogP contribution is 2.39. The summed E-state index contributed by atoms with van der Waals surface area (Å²) in [5.74, 6) is 0.607. The molecule has 1 fully saturated rings. The molecule has 0 aromatic heterocycles. The molecule has 1 unspecified atom stereocenters. The first-order chi connectivity index (χ1) is 12.9. The van der Waals surface area contributed by atoms with Crippen LogP contribution in [0.15, 0.2) is 48.0 Å². The third-order valence-corrected chi connectivity index (χ3v) is 5.26. The summed E-state index contributed by atoms with van der Waals surface area (Å²) in [5, 5.41) is 11.4. The van der Waals surface area contributed by atoms with Crippen LogP contribution < -0.4 is 4.74 Å². The zero-order valence-electron chi connectivity index (χ0n) is 16.3. The standard InChI is InChI=1S/C23H28FNO2/c1-25(2)16-21-18(6-4-8-22(21)24)15-23(26)13-5-7-19(23)14-17-9-11-20(27-3)12-10-17/h4,6,8-12,14,26H,5,7,13,15-16H2,1-3H3. The maximum absolute atomic E-state index is 14.4. The van der Waals surface area contributed by atoms with Crippen LogP contribution in [0.4, 0.5) is 4.39 Å². The molecule has 0 bridgehead atoms. The minimum atomic E-state index is -0.922. The van der Waals surface area contributed by atoms with Crippen molar-refractivity contribution in [2.75, 3.05) is 21.2 Å². The van der Waals surface area contributed by atoms with Gasteiger partial charge in [-0.2, -0.15) is 0 Å². The predicted molar refractivity (Wildman–Crippen MR) is 107 cm³/mol. The highest BCUT2D eigenvalue weighted by molar-refractivity contribution is 5.57. The third-order valence-electron chi connectivity index (χ3n) is 5.26. The smallest absolute Gasteiger partial charge is 0.127 e. The lowest BCUT2D eigenvalue weighted by Gasteiger charge is -2.27. The highest BCUT2D eigenvalue weighted by atomic mass is 19.1. The monoisotopic (exact) mass is 369 g/mol. The van der Waals surface area contributed by atoms with Crippen molar-refractivity contribution in [1.29, 1.82) is 0 Å². The van der Waals surface area contributed by atoms with Gasteiger partial charge in [0.05, 0.1) is 12.7 Å². The maximum Gasteiger partial charge on any atom is 0.127 e. The molecule has 0 amide bonds. The van der Waals surface area contributed by atoms with Crippen molar-refractivity contribution in [3.8, 4) is 5.75 Å². The molecular weight excluding hydrogens is 341 g/mol. The molecule has 1 saturated carbocycles. The topological polar surface area (TPSA) is 32.7 Å². The number of hydrogen-bond donors (Lipinski definition) is 1. The highest BCUT2D eigenvalue weighted by Gasteiger charge is 2.36. The number of rotatable bonds is 6. The van der Waals surface area contributed by atoms with E-state index in [0.29, 0.717) is 24.9 Å². The second-order valence-corrected chi connectivity index (χ2v) is 7.62. The molecule has 144 valence electrons. The van der Waals surface area contributed by atoms with Gasteiger partial charge in [0.1, 0.15) is 11.6 Å². The van der Waals surface area contributed by atoms with Gasteiger partial charge < -0.3 is 14.7 Å². The minimum absolute atomic E-state index is 0.205. The van der Waals surface area contributed by atoms with Crippen molar-refractivity contribution < 1.29 is 14.2 Å². The molecule has 0 spiro atoms. The van der Waals surface area contributed by atoms with Gasteiger partial charge >= 0.3 is 0 Å². The Hall–Kier alpha value is -2.17. The molecule has 1 N–H and O–H groups in total. The molecular formula is C23H28FNO2. The molecule has 0 aliphatic heterocycles. The zero-order valence-corrected chi connectivity index (χ0v) is 16.3. The number of benzene rings is 2. The quantitative estimate of drug-likeness (QED) is 0.817. The van der Waals surface area contributed by atoms with E-state index in [0.717, 1.165) is 35.3 Å². The van der Waals surface area contributed by atoms with Crippen LogP contribution in [0.1, 0.15) is 36.0 Å². The molecule has 3 rings (SSSR count). The second-order valence-electron chi connectivity index (χ2n) is 7.62. The maximum atomic E-state index is 14.4. The minimum Gasteiger partial charge on any atom is -0.497 e. The van der Waals surface area contributed by atoms with Crippen LogP contribution in [0.25, 0.3) is 6.08 Å². The number of hydrogen-bond acceptors (Lipinski definition) is 3. The molecule has 0 radical (unpaired) electrons. The summed E-state index contributed by atoms with van der Waals surface area (Å²) in [6.45, 7) is 0.523. The zero-order chi connectivity index (χ0) is 19.4. The Morgan fingerprint density at radius 2 is 1.93 bits per heavy atom. The van der Waals surface area contributed by atoms with Crippen LogP contribution in [0.5, 0.6) is 5.75 Å². The van der Waals surface area contributed by atoms with E-state index in [4.69, 9.17) is 4.74 Å². The molecule has 1 atom stereocenters. The van der Waals surface area contributed by atoms with Crippen LogP contribution in [0, 0.1) is 5.82 Å². The summed E-state index contributed by atoms with van der Waals surface area (Å²) < 4.78 is 19.6. The molecule has 2 aromatic rings. The van der Waals surface area contributed by atoms with Crippen molar-refractivity contribution in [3.05, 3.63) is 70.5 Å². The lowest BCUT2D eigenvalue weighted by atomic mass is 9.86. The number of aliphatic hydroxyl groups is 1. The fraction of sp³-hybridized carbons (Fsp3) is 0.391. The van der Waals surface area contributed by atoms with E-state index in [1.807, 2.05) is 49.3 Å². The Morgan fingerprint density at radius 3 is 2.59 bits per heavy atom. The van der Waals surface area contributed by atoms with Crippen molar-refractivity contribution in [2.45, 2.75) is 37.8 Å². The molecule has 1 aliphatic carbocycles. The Labute approximate surface area is 161 Å². The van der Waals surface area contributed by atoms with Crippen molar-refractivity contribution in [2.24, 2.45) is 0 Å². The van der Waals surface area contributed by atoms with E-state index < -0.39 is 5.60 Å². The summed E-state index contributed by atoms with van der Waals surface area (Å²) in [5.41, 5.74) is 2.70. The number of ether oxygens (including phenoxy) is 1. The number of nitrogens with zero attached hydrogens (tertiary/aromatic N) is 1. The Bertz CT molecular complexity index is 814. The van der Waals surface area contributed by atoms with Gasteiger partial charge in [0, 0.05) is 18.5 Å². The van der Waals surface area contributed by atoms with Gasteiger partial charge in [-0.05, 0) is 68.3 Å². The molecule has 3 nitrogen and oxygen atoms in total. The second kappa shape index (κ2) is 8.24. The summed E-state index contributed by atoms with van der Waals surface area (Å²) in [4.78, 5) is 1.95. The molecule has 1 aliphatic rings. The predicted octanol–water partition coefficient (Wildman–Crippen LogP) is 4.44. The Morgan fingerprint density at radius 1 is 1.19 bits per heavy atom. The SMILES string of the molecule is COc1ccc(C=C2CCCC2(O)Cc2cccc(F)c2CN(C)C)cc1. The van der Waals surface area contributed by atoms with Crippen molar-refractivity contribution in [3.63, 3.8) is 0 Å². The first kappa shape index (κ1) is 19.6. The lowest BCUT2D eigenvalue weighted by molar-refractivity contribution is 0.0859. The largest absolute Gasteiger partial charge is 0.497 e. The van der Waals surface area contributed by atoms with Gasteiger partial charge in [0.15, 0.2) is 0 Å². The van der Waals surface area contributed by atoms with Crippen LogP contribution in [0.2, 0.25) is 0 Å². The number of methoxy groups -OCH3 is 1. The van der Waals surface area contributed by atoms with Crippen LogP contribution in [0.3, 0.4) is 0 Å². The van der Waals surface area contributed by atoms with Gasteiger partial charge in [-0.15, -0.1) is 0 Å². The van der Waals surface area contributed by atoms with E-state index in [9.17, 15) is 9.50 Å². The number of halogens is 1. The van der Waals surface area contributed by atoms with Crippen molar-refractivity contribution in [1.82, 2.24) is 4.90 Å². The van der Waals surface area contributed by atoms with E-state index in [2.05, 4.69) is 6.08 Å². The van der Waals surface area contributed by atoms with E-state index in [1.54, 1.807) is 13.2 Å². The summed E-state index contributed by atoms with van der Waals surface area (Å²) in [6, 6.07) is 13.0. The van der Waals surface area contributed by atoms with Crippen molar-refractivity contribution >= 4 is 6.08 Å². The van der Waals surface area contributed by atoms with Gasteiger partial charge in [0.2, 0.25) is 0 Å². The van der Waals surface area contributed by atoms with Crippen LogP contribution >= 0.6 is 0 Å². The average molecular weight is 369 g/mol. The van der Waals surface area contributed by atoms with Crippen LogP contribution in [-0.4, -0.2) is 36.8 Å². The van der Waals surface area contributed by atoms with E-state index in [1.165, 1.54) is 6.07 Å². The molecule has 0 saturated heterocycles. The lowest BCUT2D eigenvalue weighted by Crippen LogP contribution is -2.30. The van der Waals surface area contributed by atoms with Gasteiger partial charge in [0.25, 0.3) is 0 Å². The van der Waals surface area contributed by atoms with E-state index >= 15 is 0 Å². The fourth-order valence-corrected chi connectivity index (χ4v) is 3.85. The first-order valence-electron chi connectivity index (χ1n) is 9.40. The Balaban J connectivity index is 1.89. The normalized spacial score (nSPS) is 21.2.